The quantitative estimate of drug-likeness (QED) is 0.757. The van der Waals surface area contributed by atoms with Gasteiger partial charge in [0.2, 0.25) is 0 Å². The summed E-state index contributed by atoms with van der Waals surface area (Å²) in [5.41, 5.74) is 0. The molecular weight excluding hydrogens is 214 g/mol. The second-order valence-electron chi connectivity index (χ2n) is 2.36. The summed E-state index contributed by atoms with van der Waals surface area (Å²) >= 11 is 11.1. The summed E-state index contributed by atoms with van der Waals surface area (Å²) in [5.74, 6) is -0.503. The molecule has 0 heterocycles. The molecule has 0 N–H and O–H groups in total. The normalized spacial score (nSPS) is 9.77. The average molecular weight is 221 g/mol. The Morgan fingerprint density at radius 3 is 2.77 bits per heavy atom. The Morgan fingerprint density at radius 2 is 2.23 bits per heavy atom. The average Bonchev–Trinajstić information content (AvgIpc) is 2.03. The number of hydrogen-bond acceptors (Lipinski definition) is 1. The minimum atomic E-state index is -0.509. The fraction of sp³-hybridized carbons (Fsp3) is 0.111. The molecule has 13 heavy (non-hydrogen) atoms. The van der Waals surface area contributed by atoms with Gasteiger partial charge in [-0.3, -0.25) is 0 Å². The monoisotopic (exact) mass is 220 g/mol. The first-order chi connectivity index (χ1) is 6.11. The first-order valence-corrected chi connectivity index (χ1v) is 4.27. The number of benzene rings is 1. The smallest absolute Gasteiger partial charge is 0.174 e. The molecule has 0 aliphatic rings. The predicted molar refractivity (Wildman–Crippen MR) is 51.9 cm³/mol. The van der Waals surface area contributed by atoms with Gasteiger partial charge in [0.15, 0.2) is 11.6 Å². The van der Waals surface area contributed by atoms with Gasteiger partial charge in [-0.05, 0) is 12.1 Å². The second kappa shape index (κ2) is 4.49. The van der Waals surface area contributed by atoms with Crippen molar-refractivity contribution in [1.82, 2.24) is 0 Å². The van der Waals surface area contributed by atoms with Crippen LogP contribution in [-0.2, 0) is 0 Å². The zero-order valence-electron chi connectivity index (χ0n) is 6.69. The van der Waals surface area contributed by atoms with Gasteiger partial charge in [-0.25, -0.2) is 4.39 Å². The predicted octanol–water partition coefficient (Wildman–Crippen LogP) is 3.61. The molecule has 0 unspecified atom stereocenters. The van der Waals surface area contributed by atoms with Crippen LogP contribution in [0.15, 0.2) is 29.8 Å². The molecule has 0 saturated carbocycles. The molecule has 0 bridgehead atoms. The molecule has 0 aliphatic carbocycles. The zero-order chi connectivity index (χ0) is 9.84. The van der Waals surface area contributed by atoms with E-state index >= 15 is 0 Å². The Labute approximate surface area is 85.7 Å². The molecule has 1 rings (SSSR count). The zero-order valence-corrected chi connectivity index (χ0v) is 8.20. The molecule has 0 aliphatic heterocycles. The van der Waals surface area contributed by atoms with Gasteiger partial charge in [-0.1, -0.05) is 35.8 Å². The maximum absolute atomic E-state index is 13.0. The van der Waals surface area contributed by atoms with E-state index < -0.39 is 5.82 Å². The van der Waals surface area contributed by atoms with Gasteiger partial charge in [-0.2, -0.15) is 0 Å². The lowest BCUT2D eigenvalue weighted by molar-refractivity contribution is 0.339. The highest BCUT2D eigenvalue weighted by atomic mass is 35.5. The highest BCUT2D eigenvalue weighted by molar-refractivity contribution is 6.32. The third kappa shape index (κ3) is 2.90. The topological polar surface area (TPSA) is 9.23 Å². The minimum Gasteiger partial charge on any atom is -0.483 e. The molecule has 4 heteroatoms. The lowest BCUT2D eigenvalue weighted by Crippen LogP contribution is -1.98. The van der Waals surface area contributed by atoms with Crippen LogP contribution in [0.1, 0.15) is 0 Å². The Balaban J connectivity index is 2.81. The molecule has 0 saturated heterocycles. The molecule has 1 aromatic carbocycles. The number of halogens is 3. The summed E-state index contributed by atoms with van der Waals surface area (Å²) in [7, 11) is 0. The number of ether oxygens (including phenoxy) is 1. The van der Waals surface area contributed by atoms with Crippen molar-refractivity contribution < 1.29 is 9.13 Å². The first-order valence-electron chi connectivity index (χ1n) is 3.51. The molecule has 0 fully saturated rings. The van der Waals surface area contributed by atoms with Gasteiger partial charge in [0.05, 0.1) is 5.02 Å². The van der Waals surface area contributed by atoms with E-state index in [1.807, 2.05) is 0 Å². The molecule has 0 radical (unpaired) electrons. The SMILES string of the molecule is C=C(Cl)COc1c(F)cccc1Cl. The Kier molecular flexibility index (Phi) is 3.58. The van der Waals surface area contributed by atoms with Gasteiger partial charge < -0.3 is 4.74 Å². The van der Waals surface area contributed by atoms with Crippen LogP contribution in [0.5, 0.6) is 5.75 Å². The Bertz CT molecular complexity index is 305. The molecule has 0 amide bonds. The van der Waals surface area contributed by atoms with Crippen LogP contribution in [0.3, 0.4) is 0 Å². The van der Waals surface area contributed by atoms with Gasteiger partial charge in [0, 0.05) is 5.03 Å². The Morgan fingerprint density at radius 1 is 1.54 bits per heavy atom. The maximum Gasteiger partial charge on any atom is 0.174 e. The summed E-state index contributed by atoms with van der Waals surface area (Å²) in [5, 5.41) is 0.511. The summed E-state index contributed by atoms with van der Waals surface area (Å²) in [6.07, 6.45) is 0. The van der Waals surface area contributed by atoms with E-state index in [-0.39, 0.29) is 17.4 Å². The molecule has 0 spiro atoms. The van der Waals surface area contributed by atoms with E-state index in [0.29, 0.717) is 5.03 Å². The van der Waals surface area contributed by atoms with Gasteiger partial charge >= 0.3 is 0 Å². The summed E-state index contributed by atoms with van der Waals surface area (Å²) in [6.45, 7) is 3.45. The summed E-state index contributed by atoms with van der Waals surface area (Å²) < 4.78 is 18.0. The van der Waals surface area contributed by atoms with E-state index in [1.54, 1.807) is 0 Å². The van der Waals surface area contributed by atoms with Gasteiger partial charge in [0.1, 0.15) is 6.61 Å². The molecule has 0 atom stereocenters. The molecule has 1 aromatic rings. The fourth-order valence-electron chi connectivity index (χ4n) is 0.771. The lowest BCUT2D eigenvalue weighted by atomic mass is 10.3. The first kappa shape index (κ1) is 10.4. The van der Waals surface area contributed by atoms with Crippen molar-refractivity contribution in [2.45, 2.75) is 0 Å². The minimum absolute atomic E-state index is 0.00552. The van der Waals surface area contributed by atoms with Crippen molar-refractivity contribution in [3.63, 3.8) is 0 Å². The maximum atomic E-state index is 13.0. The van der Waals surface area contributed by atoms with Crippen LogP contribution in [0, 0.1) is 5.82 Å². The number of para-hydroxylation sites is 1. The van der Waals surface area contributed by atoms with Crippen LogP contribution in [0.4, 0.5) is 4.39 Å². The third-order valence-electron chi connectivity index (χ3n) is 1.29. The third-order valence-corrected chi connectivity index (χ3v) is 1.70. The standard InChI is InChI=1S/C9H7Cl2FO/c1-6(10)5-13-9-7(11)3-2-4-8(9)12/h2-4H,1,5H2. The van der Waals surface area contributed by atoms with E-state index in [0.717, 1.165) is 0 Å². The van der Waals surface area contributed by atoms with E-state index in [2.05, 4.69) is 6.58 Å². The van der Waals surface area contributed by atoms with E-state index in [4.69, 9.17) is 27.9 Å². The van der Waals surface area contributed by atoms with Crippen molar-refractivity contribution in [1.29, 1.82) is 0 Å². The summed E-state index contributed by atoms with van der Waals surface area (Å²) in [4.78, 5) is 0. The van der Waals surface area contributed by atoms with Crippen LogP contribution in [0.25, 0.3) is 0 Å². The van der Waals surface area contributed by atoms with Crippen molar-refractivity contribution >= 4 is 23.2 Å². The second-order valence-corrected chi connectivity index (χ2v) is 3.30. The summed E-state index contributed by atoms with van der Waals surface area (Å²) in [6, 6.07) is 4.30. The molecule has 1 nitrogen and oxygen atoms in total. The molecular formula is C9H7Cl2FO. The highest BCUT2D eigenvalue weighted by Crippen LogP contribution is 2.27. The largest absolute Gasteiger partial charge is 0.483 e. The van der Waals surface area contributed by atoms with Crippen LogP contribution >= 0.6 is 23.2 Å². The van der Waals surface area contributed by atoms with E-state index in [9.17, 15) is 4.39 Å². The Hall–Kier alpha value is -0.730. The van der Waals surface area contributed by atoms with Crippen molar-refractivity contribution in [2.24, 2.45) is 0 Å². The fourth-order valence-corrected chi connectivity index (χ4v) is 1.04. The molecule has 0 aromatic heterocycles. The number of hydrogen-bond donors (Lipinski definition) is 0. The van der Waals surface area contributed by atoms with Gasteiger partial charge in [0.25, 0.3) is 0 Å². The van der Waals surface area contributed by atoms with Gasteiger partial charge in [-0.15, -0.1) is 0 Å². The molecule has 70 valence electrons. The van der Waals surface area contributed by atoms with Crippen molar-refractivity contribution in [3.05, 3.63) is 40.7 Å². The van der Waals surface area contributed by atoms with Crippen molar-refractivity contribution in [2.75, 3.05) is 6.61 Å². The van der Waals surface area contributed by atoms with Crippen LogP contribution < -0.4 is 4.74 Å². The highest BCUT2D eigenvalue weighted by Gasteiger charge is 2.07. The lowest BCUT2D eigenvalue weighted by Gasteiger charge is -2.07. The van der Waals surface area contributed by atoms with Crippen molar-refractivity contribution in [3.8, 4) is 5.75 Å². The van der Waals surface area contributed by atoms with Crippen LogP contribution in [-0.4, -0.2) is 6.61 Å². The van der Waals surface area contributed by atoms with E-state index in [1.165, 1.54) is 18.2 Å². The number of rotatable bonds is 3. The van der Waals surface area contributed by atoms with Crippen LogP contribution in [0.2, 0.25) is 5.02 Å².